The van der Waals surface area contributed by atoms with Crippen molar-refractivity contribution in [2.75, 3.05) is 16.4 Å². The van der Waals surface area contributed by atoms with Gasteiger partial charge in [-0.2, -0.15) is 5.26 Å². The van der Waals surface area contributed by atoms with Gasteiger partial charge in [-0.25, -0.2) is 4.98 Å². The van der Waals surface area contributed by atoms with Crippen LogP contribution in [0.1, 0.15) is 26.4 Å². The van der Waals surface area contributed by atoms with Crippen molar-refractivity contribution in [3.05, 3.63) is 107 Å². The van der Waals surface area contributed by atoms with Crippen LogP contribution in [0.4, 0.5) is 10.8 Å². The molecule has 2 amide bonds. The van der Waals surface area contributed by atoms with Gasteiger partial charge in [0, 0.05) is 28.1 Å². The molecule has 0 saturated heterocycles. The van der Waals surface area contributed by atoms with E-state index in [-0.39, 0.29) is 17.6 Å². The smallest absolute Gasteiger partial charge is 0.258 e. The van der Waals surface area contributed by atoms with Crippen LogP contribution in [0.25, 0.3) is 0 Å². The third kappa shape index (κ3) is 6.32. The van der Waals surface area contributed by atoms with E-state index in [2.05, 4.69) is 27.8 Å². The maximum absolute atomic E-state index is 12.9. The first-order valence-electron chi connectivity index (χ1n) is 10.4. The first-order chi connectivity index (χ1) is 16.6. The van der Waals surface area contributed by atoms with E-state index in [4.69, 9.17) is 5.26 Å². The quantitative estimate of drug-likeness (QED) is 0.318. The van der Waals surface area contributed by atoms with E-state index in [1.165, 1.54) is 28.7 Å². The molecule has 0 saturated carbocycles. The Labute approximate surface area is 205 Å². The highest BCUT2D eigenvalue weighted by Gasteiger charge is 2.15. The third-order valence-corrected chi connectivity index (χ3v) is 6.75. The van der Waals surface area contributed by atoms with Crippen LogP contribution in [0.15, 0.2) is 90.0 Å². The SMILES string of the molecule is N#Cc1cccc(NC(=O)CSc2ccccc2C(=O)Nc2ncc(Cc3ccccc3)s2)c1. The zero-order valence-electron chi connectivity index (χ0n) is 18.0. The molecule has 0 unspecified atom stereocenters. The summed E-state index contributed by atoms with van der Waals surface area (Å²) in [5.41, 5.74) is 2.70. The second-order valence-corrected chi connectivity index (χ2v) is 9.41. The number of hydrogen-bond donors (Lipinski definition) is 2. The van der Waals surface area contributed by atoms with Gasteiger partial charge in [0.15, 0.2) is 5.13 Å². The topological polar surface area (TPSA) is 94.9 Å². The molecule has 34 heavy (non-hydrogen) atoms. The number of aromatic nitrogens is 1. The Hall–Kier alpha value is -3.93. The number of carbonyl (C=O) groups is 2. The standard InChI is InChI=1S/C26H20N4O2S2/c27-15-19-9-6-10-20(13-19)29-24(31)17-33-23-12-5-4-11-22(23)25(32)30-26-28-16-21(34-26)14-18-7-2-1-3-8-18/h1-13,16H,14,17H2,(H,29,31)(H,28,30,32). The first kappa shape index (κ1) is 23.2. The highest BCUT2D eigenvalue weighted by molar-refractivity contribution is 8.00. The summed E-state index contributed by atoms with van der Waals surface area (Å²) in [6, 6.07) is 26.0. The Balaban J connectivity index is 1.36. The fraction of sp³-hybridized carbons (Fsp3) is 0.0769. The van der Waals surface area contributed by atoms with E-state index in [0.29, 0.717) is 26.8 Å². The summed E-state index contributed by atoms with van der Waals surface area (Å²) in [7, 11) is 0. The molecule has 0 fully saturated rings. The van der Waals surface area contributed by atoms with Gasteiger partial charge in [-0.3, -0.25) is 14.9 Å². The lowest BCUT2D eigenvalue weighted by atomic mass is 10.1. The van der Waals surface area contributed by atoms with E-state index in [9.17, 15) is 9.59 Å². The minimum atomic E-state index is -0.272. The summed E-state index contributed by atoms with van der Waals surface area (Å²) in [5.74, 6) is -0.369. The average molecular weight is 485 g/mol. The maximum atomic E-state index is 12.9. The van der Waals surface area contributed by atoms with Gasteiger partial charge < -0.3 is 5.32 Å². The minimum Gasteiger partial charge on any atom is -0.325 e. The van der Waals surface area contributed by atoms with Crippen LogP contribution < -0.4 is 10.6 Å². The summed E-state index contributed by atoms with van der Waals surface area (Å²) in [6.45, 7) is 0. The first-order valence-corrected chi connectivity index (χ1v) is 12.2. The van der Waals surface area contributed by atoms with Gasteiger partial charge in [-0.05, 0) is 35.9 Å². The van der Waals surface area contributed by atoms with Crippen LogP contribution in [0, 0.1) is 11.3 Å². The predicted octanol–water partition coefficient (Wildman–Crippen LogP) is 5.59. The van der Waals surface area contributed by atoms with Crippen LogP contribution in [0.5, 0.6) is 0 Å². The number of anilines is 2. The number of nitrogens with zero attached hydrogens (tertiary/aromatic N) is 2. The lowest BCUT2D eigenvalue weighted by molar-refractivity contribution is -0.113. The highest BCUT2D eigenvalue weighted by atomic mass is 32.2. The van der Waals surface area contributed by atoms with Gasteiger partial charge in [0.1, 0.15) is 0 Å². The molecule has 2 N–H and O–H groups in total. The molecule has 0 atom stereocenters. The molecule has 8 heteroatoms. The minimum absolute atomic E-state index is 0.125. The largest absolute Gasteiger partial charge is 0.325 e. The van der Waals surface area contributed by atoms with Crippen molar-refractivity contribution >= 4 is 45.7 Å². The summed E-state index contributed by atoms with van der Waals surface area (Å²) >= 11 is 2.72. The van der Waals surface area contributed by atoms with Gasteiger partial charge in [-0.15, -0.1) is 23.1 Å². The second kappa shape index (κ2) is 11.3. The molecule has 0 aliphatic carbocycles. The number of rotatable bonds is 8. The molecule has 168 valence electrons. The lowest BCUT2D eigenvalue weighted by Gasteiger charge is -2.09. The Morgan fingerprint density at radius 1 is 0.971 bits per heavy atom. The molecule has 4 rings (SSSR count). The molecule has 3 aromatic carbocycles. The molecular weight excluding hydrogens is 464 g/mol. The van der Waals surface area contributed by atoms with Crippen molar-refractivity contribution in [3.63, 3.8) is 0 Å². The van der Waals surface area contributed by atoms with Gasteiger partial charge in [0.05, 0.1) is 22.9 Å². The summed E-state index contributed by atoms with van der Waals surface area (Å²) in [4.78, 5) is 31.4. The van der Waals surface area contributed by atoms with Crippen LogP contribution in [0.3, 0.4) is 0 Å². The average Bonchev–Trinajstić information content (AvgIpc) is 3.30. The number of thioether (sulfide) groups is 1. The molecule has 0 aliphatic rings. The summed E-state index contributed by atoms with van der Waals surface area (Å²) < 4.78 is 0. The van der Waals surface area contributed by atoms with Gasteiger partial charge in [-0.1, -0.05) is 48.5 Å². The van der Waals surface area contributed by atoms with E-state index in [0.717, 1.165) is 11.3 Å². The molecule has 0 radical (unpaired) electrons. The number of carbonyl (C=O) groups excluding carboxylic acids is 2. The van der Waals surface area contributed by atoms with Gasteiger partial charge >= 0.3 is 0 Å². The van der Waals surface area contributed by atoms with Crippen LogP contribution in [0.2, 0.25) is 0 Å². The molecule has 1 heterocycles. The number of thiazole rings is 1. The van der Waals surface area contributed by atoms with Crippen LogP contribution in [-0.4, -0.2) is 22.6 Å². The number of nitriles is 1. The van der Waals surface area contributed by atoms with Crippen molar-refractivity contribution in [2.24, 2.45) is 0 Å². The molecule has 0 aliphatic heterocycles. The lowest BCUT2D eigenvalue weighted by Crippen LogP contribution is -2.15. The monoisotopic (exact) mass is 484 g/mol. The van der Waals surface area contributed by atoms with Crippen molar-refractivity contribution in [2.45, 2.75) is 11.3 Å². The number of benzene rings is 3. The molecule has 0 spiro atoms. The fourth-order valence-electron chi connectivity index (χ4n) is 3.20. The van der Waals surface area contributed by atoms with E-state index in [1.54, 1.807) is 42.6 Å². The van der Waals surface area contributed by atoms with E-state index < -0.39 is 0 Å². The second-order valence-electron chi connectivity index (χ2n) is 7.27. The van der Waals surface area contributed by atoms with Crippen molar-refractivity contribution in [1.82, 2.24) is 4.98 Å². The Bertz CT molecular complexity index is 1350. The molecule has 0 bridgehead atoms. The normalized spacial score (nSPS) is 10.3. The van der Waals surface area contributed by atoms with Gasteiger partial charge in [0.25, 0.3) is 5.91 Å². The molecule has 1 aromatic heterocycles. The van der Waals surface area contributed by atoms with Crippen LogP contribution in [-0.2, 0) is 11.2 Å². The van der Waals surface area contributed by atoms with E-state index in [1.807, 2.05) is 36.4 Å². The maximum Gasteiger partial charge on any atom is 0.258 e. The fourth-order valence-corrected chi connectivity index (χ4v) is 4.89. The zero-order chi connectivity index (χ0) is 23.8. The number of nitrogens with one attached hydrogen (secondary N) is 2. The summed E-state index contributed by atoms with van der Waals surface area (Å²) in [5, 5.41) is 15.2. The molecular formula is C26H20N4O2S2. The Kier molecular flexibility index (Phi) is 7.71. The number of amides is 2. The van der Waals surface area contributed by atoms with Crippen molar-refractivity contribution in [3.8, 4) is 6.07 Å². The zero-order valence-corrected chi connectivity index (χ0v) is 19.7. The summed E-state index contributed by atoms with van der Waals surface area (Å²) in [6.07, 6.45) is 2.53. The van der Waals surface area contributed by atoms with Crippen molar-refractivity contribution < 1.29 is 9.59 Å². The van der Waals surface area contributed by atoms with E-state index >= 15 is 0 Å². The Morgan fingerprint density at radius 2 is 1.76 bits per heavy atom. The predicted molar refractivity (Wildman–Crippen MR) is 136 cm³/mol. The third-order valence-electron chi connectivity index (χ3n) is 4.76. The van der Waals surface area contributed by atoms with Crippen molar-refractivity contribution in [1.29, 1.82) is 5.26 Å². The molecule has 4 aromatic rings. The Morgan fingerprint density at radius 3 is 2.59 bits per heavy atom. The molecule has 6 nitrogen and oxygen atoms in total. The number of hydrogen-bond acceptors (Lipinski definition) is 6. The van der Waals surface area contributed by atoms with Gasteiger partial charge in [0.2, 0.25) is 5.91 Å². The highest BCUT2D eigenvalue weighted by Crippen LogP contribution is 2.26. The van der Waals surface area contributed by atoms with Crippen LogP contribution >= 0.6 is 23.1 Å².